The number of hydrogen-bond donors (Lipinski definition) is 2. The van der Waals surface area contributed by atoms with E-state index in [9.17, 15) is 24.3 Å². The number of urea groups is 1. The smallest absolute Gasteiger partial charge is 0.550 e. The standard InChI is InChI=1S/C21H22N4O5.Na/c1-13-12-24(2)20(29)18(19(13)28)23-21(30)22-15(11-17(26)27)16-9-6-10-25(16)14-7-4-3-5-8-14;/h3-10,12,15,18H,11H2,1-2H3,(H,26,27)(H2,22,23,30);/q;+1/p-1/t15-,18?;/m0./s1. The van der Waals surface area contributed by atoms with Crippen LogP contribution in [-0.4, -0.2) is 46.2 Å². The van der Waals surface area contributed by atoms with Crippen LogP contribution in [0.4, 0.5) is 4.79 Å². The Morgan fingerprint density at radius 2 is 1.81 bits per heavy atom. The molecule has 0 saturated heterocycles. The first-order valence-electron chi connectivity index (χ1n) is 9.26. The van der Waals surface area contributed by atoms with Crippen molar-refractivity contribution in [3.8, 4) is 5.69 Å². The van der Waals surface area contributed by atoms with Gasteiger partial charge in [-0.3, -0.25) is 9.59 Å². The van der Waals surface area contributed by atoms with Gasteiger partial charge in [-0.1, -0.05) is 18.2 Å². The number of nitrogens with one attached hydrogen (secondary N) is 2. The maximum Gasteiger partial charge on any atom is 1.00 e. The van der Waals surface area contributed by atoms with Crippen molar-refractivity contribution in [3.05, 3.63) is 66.1 Å². The van der Waals surface area contributed by atoms with Crippen LogP contribution in [-0.2, 0) is 14.4 Å². The van der Waals surface area contributed by atoms with Crippen LogP contribution < -0.4 is 45.3 Å². The van der Waals surface area contributed by atoms with Crippen LogP contribution in [0.15, 0.2) is 60.4 Å². The Hall–Kier alpha value is -2.88. The molecule has 0 fully saturated rings. The second-order valence-corrected chi connectivity index (χ2v) is 6.94. The topological polar surface area (TPSA) is 124 Å². The molecule has 0 aliphatic carbocycles. The van der Waals surface area contributed by atoms with Gasteiger partial charge in [0.2, 0.25) is 0 Å². The van der Waals surface area contributed by atoms with Crippen LogP contribution >= 0.6 is 0 Å². The Balaban J connectivity index is 0.00000341. The fourth-order valence-electron chi connectivity index (χ4n) is 3.32. The summed E-state index contributed by atoms with van der Waals surface area (Å²) >= 11 is 0. The Morgan fingerprint density at radius 1 is 1.13 bits per heavy atom. The predicted octanol–water partition coefficient (Wildman–Crippen LogP) is -2.72. The normalized spacial score (nSPS) is 16.8. The molecule has 3 amide bonds. The van der Waals surface area contributed by atoms with E-state index >= 15 is 0 Å². The minimum atomic E-state index is -1.37. The van der Waals surface area contributed by atoms with Gasteiger partial charge in [-0.05, 0) is 31.2 Å². The molecular weight excluding hydrogens is 411 g/mol. The number of aromatic nitrogens is 1. The summed E-state index contributed by atoms with van der Waals surface area (Å²) in [6.45, 7) is 1.55. The number of aliphatic carboxylic acids is 1. The largest absolute Gasteiger partial charge is 1.00 e. The quantitative estimate of drug-likeness (QED) is 0.379. The van der Waals surface area contributed by atoms with Crippen molar-refractivity contribution in [1.82, 2.24) is 20.1 Å². The van der Waals surface area contributed by atoms with Gasteiger partial charge in [0.05, 0.1) is 6.04 Å². The summed E-state index contributed by atoms with van der Waals surface area (Å²) in [4.78, 5) is 49.6. The number of carbonyl (C=O) groups excluding carboxylic acids is 4. The SMILES string of the molecule is CC1=CN(C)C(=O)C(NC(=O)N[C@@H](CC(=O)[O-])c2cccn2-c2ccccc2)C1=O.[Na+]. The van der Waals surface area contributed by atoms with Crippen LogP contribution in [0, 0.1) is 0 Å². The summed E-state index contributed by atoms with van der Waals surface area (Å²) < 4.78 is 1.74. The molecule has 0 saturated carbocycles. The number of hydrogen-bond acceptors (Lipinski definition) is 5. The molecule has 2 heterocycles. The van der Waals surface area contributed by atoms with Crippen molar-refractivity contribution < 1.29 is 53.8 Å². The van der Waals surface area contributed by atoms with Crippen molar-refractivity contribution >= 4 is 23.7 Å². The van der Waals surface area contributed by atoms with E-state index in [1.807, 2.05) is 30.3 Å². The molecule has 0 bridgehead atoms. The first-order chi connectivity index (χ1) is 14.3. The molecular formula is C21H21N4NaO5. The van der Waals surface area contributed by atoms with Crippen molar-refractivity contribution in [3.63, 3.8) is 0 Å². The van der Waals surface area contributed by atoms with E-state index in [1.54, 1.807) is 29.8 Å². The summed E-state index contributed by atoms with van der Waals surface area (Å²) in [5, 5.41) is 16.2. The Bertz CT molecular complexity index is 1020. The molecule has 1 unspecified atom stereocenters. The number of nitrogens with zero attached hydrogens (tertiary/aromatic N) is 2. The van der Waals surface area contributed by atoms with Crippen molar-refractivity contribution in [2.75, 3.05) is 7.05 Å². The van der Waals surface area contributed by atoms with Gasteiger partial charge in [0.15, 0.2) is 11.8 Å². The molecule has 31 heavy (non-hydrogen) atoms. The third-order valence-electron chi connectivity index (χ3n) is 4.76. The van der Waals surface area contributed by atoms with Crippen LogP contribution in [0.25, 0.3) is 5.69 Å². The third kappa shape index (κ3) is 5.63. The van der Waals surface area contributed by atoms with Gasteiger partial charge in [-0.2, -0.15) is 0 Å². The molecule has 1 aromatic heterocycles. The second-order valence-electron chi connectivity index (χ2n) is 6.94. The fourth-order valence-corrected chi connectivity index (χ4v) is 3.32. The van der Waals surface area contributed by atoms with Crippen LogP contribution in [0.3, 0.4) is 0 Å². The van der Waals surface area contributed by atoms with Gasteiger partial charge >= 0.3 is 35.6 Å². The maximum absolute atomic E-state index is 12.6. The monoisotopic (exact) mass is 432 g/mol. The number of carboxylic acids is 1. The van der Waals surface area contributed by atoms with E-state index in [2.05, 4.69) is 10.6 Å². The average Bonchev–Trinajstić information content (AvgIpc) is 3.19. The molecule has 156 valence electrons. The summed E-state index contributed by atoms with van der Waals surface area (Å²) in [5.74, 6) is -2.45. The zero-order valence-electron chi connectivity index (χ0n) is 17.5. The number of amides is 3. The Morgan fingerprint density at radius 3 is 2.45 bits per heavy atom. The van der Waals surface area contributed by atoms with E-state index in [-0.39, 0.29) is 29.6 Å². The molecule has 1 aliphatic rings. The van der Waals surface area contributed by atoms with Gasteiger partial charge in [0.1, 0.15) is 0 Å². The number of para-hydroxylation sites is 1. The molecule has 1 aliphatic heterocycles. The number of ketones is 1. The zero-order valence-corrected chi connectivity index (χ0v) is 19.5. The van der Waals surface area contributed by atoms with E-state index in [4.69, 9.17) is 0 Å². The van der Waals surface area contributed by atoms with Gasteiger partial charge in [-0.15, -0.1) is 0 Å². The van der Waals surface area contributed by atoms with Crippen molar-refractivity contribution in [1.29, 1.82) is 0 Å². The van der Waals surface area contributed by atoms with Gasteiger partial charge < -0.3 is 30.0 Å². The second kappa shape index (κ2) is 10.4. The molecule has 2 N–H and O–H groups in total. The molecule has 1 aromatic carbocycles. The molecule has 9 nitrogen and oxygen atoms in total. The van der Waals surface area contributed by atoms with Gasteiger partial charge in [-0.25, -0.2) is 4.79 Å². The number of rotatable bonds is 6. The average molecular weight is 432 g/mol. The first kappa shape index (κ1) is 24.4. The number of benzene rings is 1. The molecule has 2 atom stereocenters. The molecule has 3 rings (SSSR count). The van der Waals surface area contributed by atoms with Crippen molar-refractivity contribution in [2.24, 2.45) is 0 Å². The van der Waals surface area contributed by atoms with Gasteiger partial charge in [0, 0.05) is 48.8 Å². The van der Waals surface area contributed by atoms with E-state index in [0.717, 1.165) is 5.69 Å². The van der Waals surface area contributed by atoms with Crippen molar-refractivity contribution in [2.45, 2.75) is 25.4 Å². The minimum Gasteiger partial charge on any atom is -0.550 e. The maximum atomic E-state index is 12.6. The summed E-state index contributed by atoms with van der Waals surface area (Å²) in [5.41, 5.74) is 1.62. The number of carboxylic acid groups (broad SMARTS) is 1. The number of Topliss-reactive ketones (excluding diaryl/α,β-unsaturated/α-hetero) is 1. The fraction of sp³-hybridized carbons (Fsp3) is 0.238. The summed E-state index contributed by atoms with van der Waals surface area (Å²) in [6, 6.07) is 9.44. The van der Waals surface area contributed by atoms with Crippen LogP contribution in [0.5, 0.6) is 0 Å². The third-order valence-corrected chi connectivity index (χ3v) is 4.76. The van der Waals surface area contributed by atoms with Crippen LogP contribution in [0.1, 0.15) is 25.1 Å². The molecule has 0 radical (unpaired) electrons. The Labute approximate surface area is 201 Å². The number of carbonyl (C=O) groups is 4. The predicted molar refractivity (Wildman–Crippen MR) is 105 cm³/mol. The molecule has 0 spiro atoms. The van der Waals surface area contributed by atoms with Crippen LogP contribution in [0.2, 0.25) is 0 Å². The molecule has 10 heteroatoms. The zero-order chi connectivity index (χ0) is 21.8. The molecule has 2 aromatic rings. The number of likely N-dealkylation sites (N-methyl/N-ethyl adjacent to an activating group) is 1. The Kier molecular flexibility index (Phi) is 8.21. The first-order valence-corrected chi connectivity index (χ1v) is 9.26. The minimum absolute atomic E-state index is 0. The van der Waals surface area contributed by atoms with E-state index in [1.165, 1.54) is 18.1 Å². The van der Waals surface area contributed by atoms with E-state index < -0.39 is 42.2 Å². The summed E-state index contributed by atoms with van der Waals surface area (Å²) in [6.07, 6.45) is 2.64. The summed E-state index contributed by atoms with van der Waals surface area (Å²) in [7, 11) is 1.48. The van der Waals surface area contributed by atoms with E-state index in [0.29, 0.717) is 11.3 Å². The van der Waals surface area contributed by atoms with Gasteiger partial charge in [0.25, 0.3) is 5.91 Å².